The molecule has 0 saturated heterocycles. The van der Waals surface area contributed by atoms with E-state index in [0.717, 1.165) is 24.1 Å². The molecule has 0 unspecified atom stereocenters. The van der Waals surface area contributed by atoms with Crippen molar-refractivity contribution in [1.29, 1.82) is 0 Å². The van der Waals surface area contributed by atoms with Gasteiger partial charge in [0.25, 0.3) is 0 Å². The summed E-state index contributed by atoms with van der Waals surface area (Å²) in [6.45, 7) is 4.19. The van der Waals surface area contributed by atoms with Crippen LogP contribution in [0.3, 0.4) is 0 Å². The number of esters is 1. The van der Waals surface area contributed by atoms with Crippen molar-refractivity contribution in [3.63, 3.8) is 0 Å². The highest BCUT2D eigenvalue weighted by molar-refractivity contribution is 6.03. The van der Waals surface area contributed by atoms with Gasteiger partial charge < -0.3 is 19.9 Å². The fourth-order valence-electron chi connectivity index (χ4n) is 4.37. The molecule has 0 amide bonds. The second-order valence-corrected chi connectivity index (χ2v) is 7.99. The molecule has 6 nitrogen and oxygen atoms in total. The first kappa shape index (κ1) is 21.7. The molecule has 166 valence electrons. The third-order valence-electron chi connectivity index (χ3n) is 5.83. The highest BCUT2D eigenvalue weighted by atomic mass is 16.5. The van der Waals surface area contributed by atoms with E-state index < -0.39 is 11.9 Å². The van der Waals surface area contributed by atoms with Gasteiger partial charge >= 0.3 is 5.97 Å². The number of hydrogen-bond acceptors (Lipinski definition) is 6. The van der Waals surface area contributed by atoms with Crippen LogP contribution < -0.4 is 10.1 Å². The number of carbonyl (C=O) groups is 2. The summed E-state index contributed by atoms with van der Waals surface area (Å²) in [7, 11) is 0. The fraction of sp³-hybridized carbons (Fsp3) is 0.308. The van der Waals surface area contributed by atoms with Crippen molar-refractivity contribution in [3.8, 4) is 11.5 Å². The molecule has 2 aromatic rings. The van der Waals surface area contributed by atoms with Crippen LogP contribution in [0.15, 0.2) is 71.1 Å². The van der Waals surface area contributed by atoms with Gasteiger partial charge in [-0.1, -0.05) is 36.4 Å². The van der Waals surface area contributed by atoms with Gasteiger partial charge in [0, 0.05) is 29.3 Å². The van der Waals surface area contributed by atoms with E-state index in [1.54, 1.807) is 12.1 Å². The van der Waals surface area contributed by atoms with E-state index in [2.05, 4.69) is 5.32 Å². The molecule has 0 fully saturated rings. The molecule has 32 heavy (non-hydrogen) atoms. The predicted octanol–water partition coefficient (Wildman–Crippen LogP) is 4.50. The second kappa shape index (κ2) is 9.30. The molecule has 2 aliphatic rings. The van der Waals surface area contributed by atoms with Crippen LogP contribution in [0.4, 0.5) is 0 Å². The highest BCUT2D eigenvalue weighted by Gasteiger charge is 2.39. The summed E-state index contributed by atoms with van der Waals surface area (Å²) in [6.07, 6.45) is 1.97. The van der Waals surface area contributed by atoms with Gasteiger partial charge in [0.2, 0.25) is 0 Å². The molecule has 1 heterocycles. The van der Waals surface area contributed by atoms with Crippen LogP contribution in [-0.4, -0.2) is 23.5 Å². The number of phenols is 1. The van der Waals surface area contributed by atoms with E-state index in [1.165, 1.54) is 6.07 Å². The Morgan fingerprint density at radius 2 is 1.94 bits per heavy atom. The number of ketones is 1. The third-order valence-corrected chi connectivity index (χ3v) is 5.83. The largest absolute Gasteiger partial charge is 0.504 e. The maximum absolute atomic E-state index is 13.3. The summed E-state index contributed by atoms with van der Waals surface area (Å²) >= 11 is 0. The number of aromatic hydroxyl groups is 1. The van der Waals surface area contributed by atoms with E-state index in [0.29, 0.717) is 41.2 Å². The second-order valence-electron chi connectivity index (χ2n) is 7.99. The van der Waals surface area contributed by atoms with Crippen molar-refractivity contribution in [3.05, 3.63) is 82.2 Å². The maximum atomic E-state index is 13.3. The summed E-state index contributed by atoms with van der Waals surface area (Å²) < 4.78 is 11.2. The van der Waals surface area contributed by atoms with Gasteiger partial charge in [0.15, 0.2) is 17.3 Å². The number of phenolic OH excluding ortho intramolecular Hbond substituents is 1. The Morgan fingerprint density at radius 1 is 1.16 bits per heavy atom. The zero-order valence-electron chi connectivity index (χ0n) is 18.3. The summed E-state index contributed by atoms with van der Waals surface area (Å²) in [5.41, 5.74) is 4.13. The standard InChI is InChI=1S/C26H27NO5/c1-3-31-22-14-18(12-13-20(22)28)24-23(26(30)32-15-17-8-5-4-6-9-17)16(2)27-19-10-7-11-21(29)25(19)24/h4-6,8-9,12-14,24,27-28H,3,7,10-11,15H2,1-2H3/t24-/m1/s1. The molecule has 0 radical (unpaired) electrons. The summed E-state index contributed by atoms with van der Waals surface area (Å²) in [5, 5.41) is 13.5. The Morgan fingerprint density at radius 3 is 2.69 bits per heavy atom. The van der Waals surface area contributed by atoms with Crippen molar-refractivity contribution < 1.29 is 24.2 Å². The maximum Gasteiger partial charge on any atom is 0.337 e. The average molecular weight is 434 g/mol. The Bertz CT molecular complexity index is 1100. The Hall–Kier alpha value is -3.54. The normalized spacial score (nSPS) is 18.2. The predicted molar refractivity (Wildman–Crippen MR) is 120 cm³/mol. The van der Waals surface area contributed by atoms with Crippen LogP contribution in [0.25, 0.3) is 0 Å². The number of Topliss-reactive ketones (excluding diaryl/α,β-unsaturated/α-hetero) is 1. The number of rotatable bonds is 6. The first-order valence-corrected chi connectivity index (χ1v) is 10.9. The molecule has 1 atom stereocenters. The van der Waals surface area contributed by atoms with Crippen molar-refractivity contribution in [1.82, 2.24) is 5.32 Å². The van der Waals surface area contributed by atoms with E-state index in [4.69, 9.17) is 9.47 Å². The molecular weight excluding hydrogens is 406 g/mol. The number of ether oxygens (including phenoxy) is 2. The number of benzene rings is 2. The molecular formula is C26H27NO5. The van der Waals surface area contributed by atoms with Crippen LogP contribution in [0.1, 0.15) is 50.2 Å². The number of allylic oxidation sites excluding steroid dienone is 3. The highest BCUT2D eigenvalue weighted by Crippen LogP contribution is 2.44. The molecule has 0 bridgehead atoms. The number of dihydropyridines is 1. The van der Waals surface area contributed by atoms with Crippen LogP contribution in [0.2, 0.25) is 0 Å². The lowest BCUT2D eigenvalue weighted by Crippen LogP contribution is -2.34. The van der Waals surface area contributed by atoms with E-state index in [-0.39, 0.29) is 18.1 Å². The third kappa shape index (κ3) is 4.26. The Labute approximate surface area is 187 Å². The van der Waals surface area contributed by atoms with Crippen molar-refractivity contribution >= 4 is 11.8 Å². The van der Waals surface area contributed by atoms with E-state index >= 15 is 0 Å². The Balaban J connectivity index is 1.74. The molecule has 0 saturated carbocycles. The number of nitrogens with one attached hydrogen (secondary N) is 1. The van der Waals surface area contributed by atoms with Crippen molar-refractivity contribution in [2.45, 2.75) is 45.6 Å². The van der Waals surface area contributed by atoms with Crippen LogP contribution in [-0.2, 0) is 20.9 Å². The first-order valence-electron chi connectivity index (χ1n) is 10.9. The Kier molecular flexibility index (Phi) is 6.30. The number of carbonyl (C=O) groups excluding carboxylic acids is 2. The lowest BCUT2D eigenvalue weighted by Gasteiger charge is -2.34. The van der Waals surface area contributed by atoms with Crippen molar-refractivity contribution in [2.24, 2.45) is 0 Å². The summed E-state index contributed by atoms with van der Waals surface area (Å²) in [4.78, 5) is 26.3. The number of hydrogen-bond donors (Lipinski definition) is 2. The van der Waals surface area contributed by atoms with Crippen molar-refractivity contribution in [2.75, 3.05) is 6.61 Å². The lowest BCUT2D eigenvalue weighted by molar-refractivity contribution is -0.140. The smallest absolute Gasteiger partial charge is 0.337 e. The quantitative estimate of drug-likeness (QED) is 0.653. The zero-order valence-corrected chi connectivity index (χ0v) is 18.3. The summed E-state index contributed by atoms with van der Waals surface area (Å²) in [5.74, 6) is -0.691. The van der Waals surface area contributed by atoms with Gasteiger partial charge in [0.05, 0.1) is 12.2 Å². The van der Waals surface area contributed by atoms with Gasteiger partial charge in [-0.2, -0.15) is 0 Å². The van der Waals surface area contributed by atoms with E-state index in [1.807, 2.05) is 44.2 Å². The van der Waals surface area contributed by atoms with E-state index in [9.17, 15) is 14.7 Å². The minimum absolute atomic E-state index is 0.0163. The van der Waals surface area contributed by atoms with Crippen LogP contribution >= 0.6 is 0 Å². The monoisotopic (exact) mass is 433 g/mol. The molecule has 0 spiro atoms. The zero-order chi connectivity index (χ0) is 22.7. The molecule has 1 aliphatic carbocycles. The molecule has 4 rings (SSSR count). The average Bonchev–Trinajstić information content (AvgIpc) is 2.79. The van der Waals surface area contributed by atoms with Gasteiger partial charge in [-0.25, -0.2) is 4.79 Å². The summed E-state index contributed by atoms with van der Waals surface area (Å²) in [6, 6.07) is 14.5. The molecule has 0 aromatic heterocycles. The van der Waals surface area contributed by atoms with Gasteiger partial charge in [-0.15, -0.1) is 0 Å². The minimum atomic E-state index is -0.581. The minimum Gasteiger partial charge on any atom is -0.504 e. The fourth-order valence-corrected chi connectivity index (χ4v) is 4.37. The molecule has 2 aromatic carbocycles. The van der Waals surface area contributed by atoms with Crippen LogP contribution in [0, 0.1) is 0 Å². The topological polar surface area (TPSA) is 84.9 Å². The van der Waals surface area contributed by atoms with Crippen LogP contribution in [0.5, 0.6) is 11.5 Å². The molecule has 1 aliphatic heterocycles. The first-order chi connectivity index (χ1) is 15.5. The lowest BCUT2D eigenvalue weighted by atomic mass is 9.75. The van der Waals surface area contributed by atoms with Gasteiger partial charge in [0.1, 0.15) is 6.61 Å². The van der Waals surface area contributed by atoms with Gasteiger partial charge in [-0.05, 0) is 49.9 Å². The SMILES string of the molecule is CCOc1cc([C@@H]2C(C(=O)OCc3ccccc3)=C(C)NC3=C2C(=O)CCC3)ccc1O. The molecule has 2 N–H and O–H groups in total. The van der Waals surface area contributed by atoms with Gasteiger partial charge in [-0.3, -0.25) is 4.79 Å². The molecule has 6 heteroatoms.